The summed E-state index contributed by atoms with van der Waals surface area (Å²) in [6.45, 7) is 3.54. The fraction of sp³-hybridized carbons (Fsp3) is 0.429. The smallest absolute Gasteiger partial charge is 0.161 e. The van der Waals surface area contributed by atoms with Gasteiger partial charge in [0, 0.05) is 12.6 Å². The van der Waals surface area contributed by atoms with Gasteiger partial charge in [0.1, 0.15) is 6.10 Å². The van der Waals surface area contributed by atoms with E-state index in [2.05, 4.69) is 35.6 Å². The maximum Gasteiger partial charge on any atom is 0.161 e. The normalized spacial score (nSPS) is 20.5. The number of ether oxygens (including phenoxy) is 2. The standard InChI is InChI=1S/C21H27NO2/c1-2-23-20-14-8-9-15-21(20)24-19-13-7-6-12-18(19)22-16-17-10-4-3-5-11-17/h3-5,8-11,14-15,18-19,22H,2,6-7,12-13,16H2,1H3/t18-,19+/m0/s1. The molecule has 0 unspecified atom stereocenters. The van der Waals surface area contributed by atoms with Gasteiger partial charge >= 0.3 is 0 Å². The lowest BCUT2D eigenvalue weighted by atomic mass is 9.92. The zero-order chi connectivity index (χ0) is 16.6. The van der Waals surface area contributed by atoms with Crippen LogP contribution in [0, 0.1) is 0 Å². The van der Waals surface area contributed by atoms with Crippen molar-refractivity contribution in [1.82, 2.24) is 5.32 Å². The number of rotatable bonds is 7. The highest BCUT2D eigenvalue weighted by Crippen LogP contribution is 2.31. The van der Waals surface area contributed by atoms with E-state index in [9.17, 15) is 0 Å². The summed E-state index contributed by atoms with van der Waals surface area (Å²) >= 11 is 0. The molecule has 1 saturated carbocycles. The van der Waals surface area contributed by atoms with Gasteiger partial charge in [-0.3, -0.25) is 0 Å². The SMILES string of the molecule is CCOc1ccccc1O[C@@H]1CCCC[C@@H]1NCc1ccccc1. The Balaban J connectivity index is 1.64. The molecule has 0 saturated heterocycles. The number of hydrogen-bond acceptors (Lipinski definition) is 3. The van der Waals surface area contributed by atoms with Crippen molar-refractivity contribution in [1.29, 1.82) is 0 Å². The average Bonchev–Trinajstić information content (AvgIpc) is 2.64. The second kappa shape index (κ2) is 8.74. The molecule has 1 aliphatic carbocycles. The first-order chi connectivity index (χ1) is 11.9. The first kappa shape index (κ1) is 16.8. The number of para-hydroxylation sites is 2. The monoisotopic (exact) mass is 325 g/mol. The summed E-state index contributed by atoms with van der Waals surface area (Å²) in [4.78, 5) is 0. The Hall–Kier alpha value is -2.00. The van der Waals surface area contributed by atoms with Crippen molar-refractivity contribution in [3.05, 3.63) is 60.2 Å². The molecule has 0 amide bonds. The van der Waals surface area contributed by atoms with Crippen LogP contribution in [0.3, 0.4) is 0 Å². The molecular formula is C21H27NO2. The van der Waals surface area contributed by atoms with Crippen LogP contribution in [0.2, 0.25) is 0 Å². The molecular weight excluding hydrogens is 298 g/mol. The van der Waals surface area contributed by atoms with E-state index in [4.69, 9.17) is 9.47 Å². The van der Waals surface area contributed by atoms with Gasteiger partial charge in [-0.25, -0.2) is 0 Å². The summed E-state index contributed by atoms with van der Waals surface area (Å²) in [5.74, 6) is 1.70. The maximum atomic E-state index is 6.35. The summed E-state index contributed by atoms with van der Waals surface area (Å²) in [7, 11) is 0. The molecule has 1 aliphatic rings. The molecule has 3 heteroatoms. The third-order valence-corrected chi connectivity index (χ3v) is 4.54. The molecule has 128 valence electrons. The maximum absolute atomic E-state index is 6.35. The molecule has 0 heterocycles. The lowest BCUT2D eigenvalue weighted by Gasteiger charge is -2.33. The van der Waals surface area contributed by atoms with Crippen molar-refractivity contribution in [2.75, 3.05) is 6.61 Å². The van der Waals surface area contributed by atoms with Crippen LogP contribution < -0.4 is 14.8 Å². The Bertz CT molecular complexity index is 614. The molecule has 3 nitrogen and oxygen atoms in total. The zero-order valence-electron chi connectivity index (χ0n) is 14.4. The Morgan fingerprint density at radius 2 is 1.62 bits per heavy atom. The summed E-state index contributed by atoms with van der Waals surface area (Å²) in [5, 5.41) is 3.69. The van der Waals surface area contributed by atoms with E-state index in [0.29, 0.717) is 12.6 Å². The van der Waals surface area contributed by atoms with Crippen LogP contribution in [0.15, 0.2) is 54.6 Å². The van der Waals surface area contributed by atoms with Gasteiger partial charge in [-0.05, 0) is 43.9 Å². The van der Waals surface area contributed by atoms with Gasteiger partial charge in [0.05, 0.1) is 6.61 Å². The molecule has 2 aromatic carbocycles. The Labute approximate surface area is 145 Å². The van der Waals surface area contributed by atoms with Gasteiger partial charge in [0.25, 0.3) is 0 Å². The molecule has 2 aromatic rings. The number of nitrogens with one attached hydrogen (secondary N) is 1. The molecule has 24 heavy (non-hydrogen) atoms. The molecule has 1 N–H and O–H groups in total. The minimum absolute atomic E-state index is 0.198. The van der Waals surface area contributed by atoms with Crippen molar-refractivity contribution in [3.8, 4) is 11.5 Å². The first-order valence-corrected chi connectivity index (χ1v) is 9.02. The van der Waals surface area contributed by atoms with E-state index >= 15 is 0 Å². The van der Waals surface area contributed by atoms with E-state index in [1.54, 1.807) is 0 Å². The van der Waals surface area contributed by atoms with Gasteiger partial charge in [0.15, 0.2) is 11.5 Å². The summed E-state index contributed by atoms with van der Waals surface area (Å²) in [5.41, 5.74) is 1.32. The van der Waals surface area contributed by atoms with Gasteiger partial charge in [-0.1, -0.05) is 48.9 Å². The third kappa shape index (κ3) is 4.51. The van der Waals surface area contributed by atoms with Crippen LogP contribution in [0.1, 0.15) is 38.2 Å². The lowest BCUT2D eigenvalue weighted by molar-refractivity contribution is 0.108. The fourth-order valence-electron chi connectivity index (χ4n) is 3.30. The number of hydrogen-bond donors (Lipinski definition) is 1. The van der Waals surface area contributed by atoms with Gasteiger partial charge < -0.3 is 14.8 Å². The summed E-state index contributed by atoms with van der Waals surface area (Å²) < 4.78 is 12.1. The minimum Gasteiger partial charge on any atom is -0.490 e. The van der Waals surface area contributed by atoms with Crippen molar-refractivity contribution in [2.45, 2.75) is 51.3 Å². The molecule has 0 aliphatic heterocycles. The molecule has 2 atom stereocenters. The van der Waals surface area contributed by atoms with E-state index in [0.717, 1.165) is 30.9 Å². The van der Waals surface area contributed by atoms with Crippen LogP contribution in [0.5, 0.6) is 11.5 Å². The average molecular weight is 325 g/mol. The van der Waals surface area contributed by atoms with Gasteiger partial charge in [-0.15, -0.1) is 0 Å². The topological polar surface area (TPSA) is 30.5 Å². The molecule has 0 bridgehead atoms. The quantitative estimate of drug-likeness (QED) is 0.809. The van der Waals surface area contributed by atoms with Crippen LogP contribution in [-0.2, 0) is 6.54 Å². The Kier molecular flexibility index (Phi) is 6.13. The second-order valence-corrected chi connectivity index (χ2v) is 6.29. The molecule has 0 radical (unpaired) electrons. The lowest BCUT2D eigenvalue weighted by Crippen LogP contribution is -2.44. The van der Waals surface area contributed by atoms with E-state index < -0.39 is 0 Å². The Morgan fingerprint density at radius 3 is 2.42 bits per heavy atom. The summed E-state index contributed by atoms with van der Waals surface area (Å²) in [6, 6.07) is 18.9. The number of benzene rings is 2. The largest absolute Gasteiger partial charge is 0.490 e. The van der Waals surface area contributed by atoms with Gasteiger partial charge in [-0.2, -0.15) is 0 Å². The molecule has 0 spiro atoms. The predicted molar refractivity (Wildman–Crippen MR) is 97.6 cm³/mol. The zero-order valence-corrected chi connectivity index (χ0v) is 14.4. The second-order valence-electron chi connectivity index (χ2n) is 6.29. The highest BCUT2D eigenvalue weighted by atomic mass is 16.5. The fourth-order valence-corrected chi connectivity index (χ4v) is 3.30. The van der Waals surface area contributed by atoms with Crippen LogP contribution in [0.4, 0.5) is 0 Å². The third-order valence-electron chi connectivity index (χ3n) is 4.54. The predicted octanol–water partition coefficient (Wildman–Crippen LogP) is 4.57. The van der Waals surface area contributed by atoms with Crippen LogP contribution in [-0.4, -0.2) is 18.8 Å². The van der Waals surface area contributed by atoms with Crippen molar-refractivity contribution < 1.29 is 9.47 Å². The summed E-state index contributed by atoms with van der Waals surface area (Å²) in [6.07, 6.45) is 4.94. The van der Waals surface area contributed by atoms with Crippen molar-refractivity contribution in [3.63, 3.8) is 0 Å². The highest BCUT2D eigenvalue weighted by molar-refractivity contribution is 5.39. The van der Waals surface area contributed by atoms with E-state index in [-0.39, 0.29) is 6.10 Å². The van der Waals surface area contributed by atoms with E-state index in [1.807, 2.05) is 31.2 Å². The van der Waals surface area contributed by atoms with Crippen molar-refractivity contribution in [2.24, 2.45) is 0 Å². The Morgan fingerprint density at radius 1 is 0.917 bits per heavy atom. The van der Waals surface area contributed by atoms with Crippen LogP contribution >= 0.6 is 0 Å². The van der Waals surface area contributed by atoms with E-state index in [1.165, 1.54) is 18.4 Å². The highest BCUT2D eigenvalue weighted by Gasteiger charge is 2.27. The molecule has 1 fully saturated rings. The first-order valence-electron chi connectivity index (χ1n) is 9.02. The molecule has 3 rings (SSSR count). The van der Waals surface area contributed by atoms with Gasteiger partial charge in [0.2, 0.25) is 0 Å². The molecule has 0 aromatic heterocycles. The van der Waals surface area contributed by atoms with Crippen molar-refractivity contribution >= 4 is 0 Å². The van der Waals surface area contributed by atoms with Crippen LogP contribution in [0.25, 0.3) is 0 Å². The minimum atomic E-state index is 0.198.